The van der Waals surface area contributed by atoms with Crippen molar-refractivity contribution in [3.05, 3.63) is 35.9 Å². The van der Waals surface area contributed by atoms with E-state index >= 15 is 0 Å². The molecule has 5 heteroatoms. The maximum Gasteiger partial charge on any atom is 0.209 e. The third kappa shape index (κ3) is 7.30. The molecule has 1 atom stereocenters. The smallest absolute Gasteiger partial charge is 0.209 e. The molecule has 19 heavy (non-hydrogen) atoms. The van der Waals surface area contributed by atoms with Gasteiger partial charge in [0, 0.05) is 6.04 Å². The number of benzene rings is 1. The van der Waals surface area contributed by atoms with E-state index in [-0.39, 0.29) is 11.8 Å². The molecule has 0 fully saturated rings. The zero-order valence-corrected chi connectivity index (χ0v) is 12.5. The molecule has 3 N–H and O–H groups in total. The highest BCUT2D eigenvalue weighted by Crippen LogP contribution is 2.20. The molecule has 0 spiro atoms. The predicted molar refractivity (Wildman–Crippen MR) is 79.2 cm³/mol. The molecule has 0 aromatic heterocycles. The third-order valence-electron chi connectivity index (χ3n) is 2.91. The molecule has 1 aromatic rings. The molecule has 1 rings (SSSR count). The van der Waals surface area contributed by atoms with Gasteiger partial charge in [-0.05, 0) is 30.9 Å². The minimum absolute atomic E-state index is 0.0309. The Morgan fingerprint density at radius 2 is 1.84 bits per heavy atom. The Kier molecular flexibility index (Phi) is 6.48. The lowest BCUT2D eigenvalue weighted by Gasteiger charge is -2.21. The fraction of sp³-hybridized carbons (Fsp3) is 0.571. The molecule has 0 radical (unpaired) electrons. The minimum atomic E-state index is -3.35. The van der Waals surface area contributed by atoms with Crippen LogP contribution < -0.4 is 10.5 Å². The van der Waals surface area contributed by atoms with Crippen LogP contribution in [-0.2, 0) is 10.0 Å². The van der Waals surface area contributed by atoms with Crippen molar-refractivity contribution in [1.29, 1.82) is 0 Å². The summed E-state index contributed by atoms with van der Waals surface area (Å²) in [6.45, 7) is 5.02. The maximum absolute atomic E-state index is 10.9. The fourth-order valence-corrected chi connectivity index (χ4v) is 2.59. The van der Waals surface area contributed by atoms with Gasteiger partial charge in [-0.1, -0.05) is 44.2 Å². The summed E-state index contributed by atoms with van der Waals surface area (Å²) < 4.78 is 21.7. The number of rotatable bonds is 8. The summed E-state index contributed by atoms with van der Waals surface area (Å²) in [7, 11) is -3.35. The van der Waals surface area contributed by atoms with Crippen LogP contribution in [0, 0.1) is 5.92 Å². The lowest BCUT2D eigenvalue weighted by Crippen LogP contribution is -2.26. The van der Waals surface area contributed by atoms with Crippen molar-refractivity contribution in [2.24, 2.45) is 11.1 Å². The van der Waals surface area contributed by atoms with E-state index in [2.05, 4.69) is 31.3 Å². The Bertz CT molecular complexity index is 458. The topological polar surface area (TPSA) is 72.2 Å². The zero-order valence-electron chi connectivity index (χ0n) is 11.7. The van der Waals surface area contributed by atoms with Crippen molar-refractivity contribution in [2.45, 2.75) is 32.7 Å². The predicted octanol–water partition coefficient (Wildman–Crippen LogP) is 2.04. The van der Waals surface area contributed by atoms with Gasteiger partial charge in [-0.2, -0.15) is 0 Å². The van der Waals surface area contributed by atoms with E-state index in [0.29, 0.717) is 18.9 Å². The van der Waals surface area contributed by atoms with Gasteiger partial charge < -0.3 is 5.32 Å². The van der Waals surface area contributed by atoms with Crippen molar-refractivity contribution >= 4 is 10.0 Å². The highest BCUT2D eigenvalue weighted by molar-refractivity contribution is 7.89. The molecule has 0 heterocycles. The number of hydrogen-bond donors (Lipinski definition) is 2. The van der Waals surface area contributed by atoms with E-state index in [1.165, 1.54) is 5.56 Å². The van der Waals surface area contributed by atoms with Gasteiger partial charge in [0.05, 0.1) is 5.75 Å². The molecule has 0 saturated carbocycles. The van der Waals surface area contributed by atoms with Crippen LogP contribution in [0.3, 0.4) is 0 Å². The van der Waals surface area contributed by atoms with E-state index in [4.69, 9.17) is 5.14 Å². The molecular weight excluding hydrogens is 260 g/mol. The average molecular weight is 284 g/mol. The zero-order chi connectivity index (χ0) is 14.3. The van der Waals surface area contributed by atoms with Gasteiger partial charge >= 0.3 is 0 Å². The second kappa shape index (κ2) is 7.62. The molecule has 1 unspecified atom stereocenters. The largest absolute Gasteiger partial charge is 0.310 e. The van der Waals surface area contributed by atoms with Crippen molar-refractivity contribution in [3.63, 3.8) is 0 Å². The summed E-state index contributed by atoms with van der Waals surface area (Å²) >= 11 is 0. The summed E-state index contributed by atoms with van der Waals surface area (Å²) in [6, 6.07) is 10.5. The van der Waals surface area contributed by atoms with Gasteiger partial charge in [0.1, 0.15) is 0 Å². The quantitative estimate of drug-likeness (QED) is 0.718. The van der Waals surface area contributed by atoms with Crippen LogP contribution in [0.1, 0.15) is 38.3 Å². The van der Waals surface area contributed by atoms with E-state index in [0.717, 1.165) is 6.42 Å². The number of hydrogen-bond acceptors (Lipinski definition) is 3. The first-order valence-corrected chi connectivity index (χ1v) is 8.39. The molecule has 108 valence electrons. The Labute approximate surface area is 116 Å². The Morgan fingerprint density at radius 1 is 1.21 bits per heavy atom. The highest BCUT2D eigenvalue weighted by atomic mass is 32.2. The molecule has 1 aromatic carbocycles. The van der Waals surface area contributed by atoms with Crippen LogP contribution in [0.15, 0.2) is 30.3 Å². The lowest BCUT2D eigenvalue weighted by molar-refractivity contribution is 0.430. The average Bonchev–Trinajstić information content (AvgIpc) is 2.32. The first kappa shape index (κ1) is 16.1. The summed E-state index contributed by atoms with van der Waals surface area (Å²) in [4.78, 5) is 0. The highest BCUT2D eigenvalue weighted by Gasteiger charge is 2.12. The van der Waals surface area contributed by atoms with Crippen molar-refractivity contribution in [3.8, 4) is 0 Å². The van der Waals surface area contributed by atoms with Crippen LogP contribution >= 0.6 is 0 Å². The van der Waals surface area contributed by atoms with Crippen molar-refractivity contribution < 1.29 is 8.42 Å². The van der Waals surface area contributed by atoms with Crippen molar-refractivity contribution in [1.82, 2.24) is 5.32 Å². The van der Waals surface area contributed by atoms with Gasteiger partial charge in [0.15, 0.2) is 0 Å². The minimum Gasteiger partial charge on any atom is -0.310 e. The van der Waals surface area contributed by atoms with Gasteiger partial charge in [-0.25, -0.2) is 13.6 Å². The Balaban J connectivity index is 2.52. The normalized spacial score (nSPS) is 13.7. The number of sulfonamides is 1. The second-order valence-corrected chi connectivity index (χ2v) is 7.00. The second-order valence-electron chi connectivity index (χ2n) is 5.27. The molecule has 4 nitrogen and oxygen atoms in total. The molecule has 0 amide bonds. The van der Waals surface area contributed by atoms with Crippen molar-refractivity contribution in [2.75, 3.05) is 12.3 Å². The van der Waals surface area contributed by atoms with Crippen LogP contribution in [-0.4, -0.2) is 20.7 Å². The number of nitrogens with two attached hydrogens (primary N) is 1. The van der Waals surface area contributed by atoms with E-state index in [1.807, 2.05) is 18.2 Å². The van der Waals surface area contributed by atoms with Crippen LogP contribution in [0.2, 0.25) is 0 Å². The Hall–Kier alpha value is -0.910. The van der Waals surface area contributed by atoms with Crippen LogP contribution in [0.5, 0.6) is 0 Å². The molecular formula is C14H24N2O2S. The standard InChI is InChI=1S/C14H24N2O2S/c1-12(2)11-14(13-7-4-3-5-8-13)16-9-6-10-19(15,17)18/h3-5,7-8,12,14,16H,6,9-11H2,1-2H3,(H2,15,17,18). The SMILES string of the molecule is CC(C)CC(NCCCS(N)(=O)=O)c1ccccc1. The molecule has 0 aliphatic rings. The van der Waals surface area contributed by atoms with E-state index in [1.54, 1.807) is 0 Å². The molecule has 0 bridgehead atoms. The number of primary sulfonamides is 1. The maximum atomic E-state index is 10.9. The monoisotopic (exact) mass is 284 g/mol. The van der Waals surface area contributed by atoms with Crippen LogP contribution in [0.4, 0.5) is 0 Å². The molecule has 0 aliphatic heterocycles. The van der Waals surface area contributed by atoms with E-state index < -0.39 is 10.0 Å². The third-order valence-corrected chi connectivity index (χ3v) is 3.76. The van der Waals surface area contributed by atoms with E-state index in [9.17, 15) is 8.42 Å². The number of nitrogens with one attached hydrogen (secondary N) is 1. The van der Waals surface area contributed by atoms with Gasteiger partial charge in [0.25, 0.3) is 0 Å². The van der Waals surface area contributed by atoms with Gasteiger partial charge in [0.2, 0.25) is 10.0 Å². The summed E-state index contributed by atoms with van der Waals surface area (Å²) in [5, 5.41) is 8.41. The molecule has 0 saturated heterocycles. The Morgan fingerprint density at radius 3 is 2.37 bits per heavy atom. The van der Waals surface area contributed by atoms with Crippen LogP contribution in [0.25, 0.3) is 0 Å². The van der Waals surface area contributed by atoms with Gasteiger partial charge in [-0.3, -0.25) is 0 Å². The summed E-state index contributed by atoms with van der Waals surface area (Å²) in [5.41, 5.74) is 1.24. The summed E-state index contributed by atoms with van der Waals surface area (Å²) in [6.07, 6.45) is 1.57. The van der Waals surface area contributed by atoms with Gasteiger partial charge in [-0.15, -0.1) is 0 Å². The first-order chi connectivity index (χ1) is 8.88. The lowest BCUT2D eigenvalue weighted by atomic mass is 9.97. The fourth-order valence-electron chi connectivity index (χ4n) is 2.04. The molecule has 0 aliphatic carbocycles. The summed E-state index contributed by atoms with van der Waals surface area (Å²) in [5.74, 6) is 0.611. The first-order valence-electron chi connectivity index (χ1n) is 6.67.